The first-order valence-electron chi connectivity index (χ1n) is 7.75. The number of nitrogens with one attached hydrogen (secondary N) is 1. The van der Waals surface area contributed by atoms with Crippen LogP contribution in [0, 0.1) is 6.92 Å². The summed E-state index contributed by atoms with van der Waals surface area (Å²) < 4.78 is 27.9. The van der Waals surface area contributed by atoms with Gasteiger partial charge in [-0.2, -0.15) is 0 Å². The predicted molar refractivity (Wildman–Crippen MR) is 93.8 cm³/mol. The van der Waals surface area contributed by atoms with Gasteiger partial charge in [0.15, 0.2) is 0 Å². The van der Waals surface area contributed by atoms with Gasteiger partial charge < -0.3 is 5.11 Å². The van der Waals surface area contributed by atoms with E-state index in [0.29, 0.717) is 12.1 Å². The van der Waals surface area contributed by atoms with Crippen molar-refractivity contribution in [1.82, 2.24) is 0 Å². The number of carboxylic acids is 1. The Morgan fingerprint density at radius 2 is 1.79 bits per heavy atom. The predicted octanol–water partition coefficient (Wildman–Crippen LogP) is 3.38. The van der Waals surface area contributed by atoms with Gasteiger partial charge in [0.2, 0.25) is 0 Å². The highest BCUT2D eigenvalue weighted by Crippen LogP contribution is 2.24. The molecule has 6 heteroatoms. The minimum absolute atomic E-state index is 0.0212. The van der Waals surface area contributed by atoms with Gasteiger partial charge in [-0.05, 0) is 48.6 Å². The van der Waals surface area contributed by atoms with Gasteiger partial charge in [-0.1, -0.05) is 37.3 Å². The number of hydrogen-bond donors (Lipinski definition) is 2. The molecule has 0 aliphatic rings. The maximum Gasteiger partial charge on any atom is 0.303 e. The Kier molecular flexibility index (Phi) is 5.62. The van der Waals surface area contributed by atoms with Crippen LogP contribution in [0.25, 0.3) is 0 Å². The van der Waals surface area contributed by atoms with E-state index in [1.54, 1.807) is 12.1 Å². The molecule has 128 valence electrons. The molecule has 0 heterocycles. The lowest BCUT2D eigenvalue weighted by Gasteiger charge is -2.14. The molecular formula is C18H21NO4S. The summed E-state index contributed by atoms with van der Waals surface area (Å²) in [6.45, 7) is 3.84. The quantitative estimate of drug-likeness (QED) is 0.804. The van der Waals surface area contributed by atoms with Gasteiger partial charge in [0.25, 0.3) is 10.0 Å². The highest BCUT2D eigenvalue weighted by molar-refractivity contribution is 7.92. The number of aryl methyl sites for hydroxylation is 3. The standard InChI is InChI=1S/C18H21NO4S/c1-3-15-6-4-5-13(2)18(15)19-24(22,23)16-10-7-14(8-11-16)9-12-17(20)21/h4-8,10-11,19H,3,9,12H2,1-2H3,(H,20,21). The fraction of sp³-hybridized carbons (Fsp3) is 0.278. The van der Waals surface area contributed by atoms with Gasteiger partial charge >= 0.3 is 5.97 Å². The van der Waals surface area contributed by atoms with E-state index in [2.05, 4.69) is 4.72 Å². The van der Waals surface area contributed by atoms with Gasteiger partial charge in [-0.3, -0.25) is 9.52 Å². The zero-order chi connectivity index (χ0) is 17.7. The second kappa shape index (κ2) is 7.49. The molecule has 0 aliphatic heterocycles. The van der Waals surface area contributed by atoms with Crippen molar-refractivity contribution in [1.29, 1.82) is 0 Å². The maximum atomic E-state index is 12.6. The molecule has 0 saturated heterocycles. The minimum atomic E-state index is -3.68. The fourth-order valence-corrected chi connectivity index (χ4v) is 3.62. The zero-order valence-corrected chi connectivity index (χ0v) is 14.6. The van der Waals surface area contributed by atoms with Crippen molar-refractivity contribution < 1.29 is 18.3 Å². The smallest absolute Gasteiger partial charge is 0.303 e. The minimum Gasteiger partial charge on any atom is -0.481 e. The molecule has 0 aromatic heterocycles. The Labute approximate surface area is 142 Å². The maximum absolute atomic E-state index is 12.6. The Bertz CT molecular complexity index is 827. The Balaban J connectivity index is 2.23. The molecule has 0 spiro atoms. The first kappa shape index (κ1) is 18.0. The number of carbonyl (C=O) groups is 1. The van der Waals surface area contributed by atoms with E-state index in [-0.39, 0.29) is 11.3 Å². The van der Waals surface area contributed by atoms with Crippen molar-refractivity contribution >= 4 is 21.7 Å². The number of rotatable bonds is 7. The van der Waals surface area contributed by atoms with Gasteiger partial charge in [-0.25, -0.2) is 8.42 Å². The number of aliphatic carboxylic acids is 1. The number of carboxylic acid groups (broad SMARTS) is 1. The molecule has 2 rings (SSSR count). The van der Waals surface area contributed by atoms with Crippen LogP contribution in [0.2, 0.25) is 0 Å². The molecular weight excluding hydrogens is 326 g/mol. The van der Waals surface area contributed by atoms with Crippen molar-refractivity contribution in [2.75, 3.05) is 4.72 Å². The zero-order valence-electron chi connectivity index (χ0n) is 13.7. The van der Waals surface area contributed by atoms with Gasteiger partial charge in [0, 0.05) is 6.42 Å². The molecule has 0 atom stereocenters. The van der Waals surface area contributed by atoms with Gasteiger partial charge in [-0.15, -0.1) is 0 Å². The number of hydrogen-bond acceptors (Lipinski definition) is 3. The Morgan fingerprint density at radius 3 is 2.38 bits per heavy atom. The summed E-state index contributed by atoms with van der Waals surface area (Å²) in [5.74, 6) is -0.875. The second-order valence-corrected chi connectivity index (χ2v) is 7.29. The summed E-state index contributed by atoms with van der Waals surface area (Å²) in [5, 5.41) is 8.69. The lowest BCUT2D eigenvalue weighted by molar-refractivity contribution is -0.136. The number of anilines is 1. The molecule has 0 saturated carbocycles. The summed E-state index contributed by atoms with van der Waals surface area (Å²) in [7, 11) is -3.68. The monoisotopic (exact) mass is 347 g/mol. The van der Waals surface area contributed by atoms with E-state index in [4.69, 9.17) is 5.11 Å². The van der Waals surface area contributed by atoms with Crippen LogP contribution >= 0.6 is 0 Å². The highest BCUT2D eigenvalue weighted by Gasteiger charge is 2.17. The third-order valence-electron chi connectivity index (χ3n) is 3.84. The van der Waals surface area contributed by atoms with Crippen molar-refractivity contribution in [2.24, 2.45) is 0 Å². The molecule has 0 amide bonds. The molecule has 0 fully saturated rings. The van der Waals surface area contributed by atoms with E-state index < -0.39 is 16.0 Å². The van der Waals surface area contributed by atoms with Crippen molar-refractivity contribution in [3.05, 3.63) is 59.2 Å². The van der Waals surface area contributed by atoms with Gasteiger partial charge in [0.05, 0.1) is 10.6 Å². The molecule has 2 aromatic carbocycles. The van der Waals surface area contributed by atoms with Crippen LogP contribution < -0.4 is 4.72 Å². The van der Waals surface area contributed by atoms with Crippen molar-refractivity contribution in [3.63, 3.8) is 0 Å². The van der Waals surface area contributed by atoms with Crippen LogP contribution in [0.15, 0.2) is 47.4 Å². The van der Waals surface area contributed by atoms with Crippen LogP contribution in [0.1, 0.15) is 30.0 Å². The normalized spacial score (nSPS) is 11.2. The van der Waals surface area contributed by atoms with Crippen LogP contribution in [0.5, 0.6) is 0 Å². The molecule has 0 unspecified atom stereocenters. The van der Waals surface area contributed by atoms with Crippen LogP contribution in [0.3, 0.4) is 0 Å². The average Bonchev–Trinajstić information content (AvgIpc) is 2.55. The van der Waals surface area contributed by atoms with Crippen molar-refractivity contribution in [3.8, 4) is 0 Å². The Hall–Kier alpha value is -2.34. The second-order valence-electron chi connectivity index (χ2n) is 5.61. The SMILES string of the molecule is CCc1cccc(C)c1NS(=O)(=O)c1ccc(CCC(=O)O)cc1. The molecule has 24 heavy (non-hydrogen) atoms. The summed E-state index contributed by atoms with van der Waals surface area (Å²) in [4.78, 5) is 10.7. The molecule has 0 radical (unpaired) electrons. The average molecular weight is 347 g/mol. The van der Waals surface area contributed by atoms with E-state index >= 15 is 0 Å². The third kappa shape index (κ3) is 4.35. The van der Waals surface area contributed by atoms with Crippen LogP contribution in [0.4, 0.5) is 5.69 Å². The third-order valence-corrected chi connectivity index (χ3v) is 5.20. The first-order chi connectivity index (χ1) is 11.3. The van der Waals surface area contributed by atoms with Gasteiger partial charge in [0.1, 0.15) is 0 Å². The van der Waals surface area contributed by atoms with E-state index in [1.807, 2.05) is 32.0 Å². The molecule has 0 aliphatic carbocycles. The molecule has 2 aromatic rings. The van der Waals surface area contributed by atoms with Crippen LogP contribution in [-0.2, 0) is 27.7 Å². The molecule has 2 N–H and O–H groups in total. The van der Waals surface area contributed by atoms with Crippen molar-refractivity contribution in [2.45, 2.75) is 38.0 Å². The highest BCUT2D eigenvalue weighted by atomic mass is 32.2. The first-order valence-corrected chi connectivity index (χ1v) is 9.24. The number of para-hydroxylation sites is 1. The number of benzene rings is 2. The molecule has 5 nitrogen and oxygen atoms in total. The van der Waals surface area contributed by atoms with E-state index in [1.165, 1.54) is 12.1 Å². The lowest BCUT2D eigenvalue weighted by Crippen LogP contribution is -2.15. The summed E-state index contributed by atoms with van der Waals surface area (Å²) in [5.41, 5.74) is 3.23. The van der Waals surface area contributed by atoms with Crippen LogP contribution in [-0.4, -0.2) is 19.5 Å². The Morgan fingerprint density at radius 1 is 1.12 bits per heavy atom. The number of sulfonamides is 1. The summed E-state index contributed by atoms with van der Waals surface area (Å²) >= 11 is 0. The van der Waals surface area contributed by atoms with E-state index in [9.17, 15) is 13.2 Å². The van der Waals surface area contributed by atoms with E-state index in [0.717, 1.165) is 23.1 Å². The largest absolute Gasteiger partial charge is 0.481 e. The summed E-state index contributed by atoms with van der Waals surface area (Å²) in [6.07, 6.45) is 1.13. The lowest BCUT2D eigenvalue weighted by atomic mass is 10.1. The summed E-state index contributed by atoms with van der Waals surface area (Å²) in [6, 6.07) is 12.0. The fourth-order valence-electron chi connectivity index (χ4n) is 2.45. The topological polar surface area (TPSA) is 83.5 Å². The molecule has 0 bridgehead atoms.